The van der Waals surface area contributed by atoms with Crippen LogP contribution in [-0.4, -0.2) is 20.4 Å². The number of nitrogens with two attached hydrogens (primary N) is 1. The topological polar surface area (TPSA) is 106 Å². The van der Waals surface area contributed by atoms with E-state index in [1.54, 1.807) is 13.1 Å². The van der Waals surface area contributed by atoms with Crippen LogP contribution >= 0.6 is 0 Å². The molecule has 3 aromatic rings. The molecule has 0 aliphatic rings. The minimum absolute atomic E-state index is 0.108. The molecule has 0 atom stereocenters. The quantitative estimate of drug-likeness (QED) is 0.666. The van der Waals surface area contributed by atoms with E-state index in [0.717, 1.165) is 18.0 Å². The first kappa shape index (κ1) is 16.6. The Morgan fingerprint density at radius 3 is 2.76 bits per heavy atom. The molecule has 2 aromatic heterocycles. The predicted molar refractivity (Wildman–Crippen MR) is 88.3 cm³/mol. The molecule has 0 spiro atoms. The summed E-state index contributed by atoms with van der Waals surface area (Å²) in [5.74, 6) is -2.38. The highest BCUT2D eigenvalue weighted by atomic mass is 19.1. The fourth-order valence-corrected chi connectivity index (χ4v) is 2.64. The summed E-state index contributed by atoms with van der Waals surface area (Å²) in [6, 6.07) is 0.914. The molecule has 0 saturated carbocycles. The van der Waals surface area contributed by atoms with Crippen molar-refractivity contribution in [2.45, 2.75) is 13.5 Å². The van der Waals surface area contributed by atoms with Crippen molar-refractivity contribution in [3.05, 3.63) is 57.1 Å². The first-order valence-corrected chi connectivity index (χ1v) is 7.35. The summed E-state index contributed by atoms with van der Waals surface area (Å²) in [5, 5.41) is 2.54. The van der Waals surface area contributed by atoms with Crippen LogP contribution in [-0.2, 0) is 13.6 Å². The Kier molecular flexibility index (Phi) is 3.99. The molecule has 0 aliphatic heterocycles. The fourth-order valence-electron chi connectivity index (χ4n) is 2.64. The minimum atomic E-state index is -0.956. The third-order valence-corrected chi connectivity index (χ3v) is 3.85. The second-order valence-electron chi connectivity index (χ2n) is 5.66. The number of rotatable bonds is 4. The van der Waals surface area contributed by atoms with Gasteiger partial charge in [0, 0.05) is 37.2 Å². The summed E-state index contributed by atoms with van der Waals surface area (Å²) in [4.78, 5) is 30.4. The fraction of sp³-hybridized carbons (Fsp3) is 0.188. The molecule has 0 unspecified atom stereocenters. The van der Waals surface area contributed by atoms with Gasteiger partial charge in [-0.1, -0.05) is 0 Å². The van der Waals surface area contributed by atoms with Crippen LogP contribution in [0, 0.1) is 18.6 Å². The number of aromatic nitrogens is 3. The Hall–Kier alpha value is -3.23. The molecule has 1 aromatic carbocycles. The molecule has 0 fully saturated rings. The molecule has 0 bridgehead atoms. The SMILES string of the molecule is Cc1cnc(NCc2c(F)cc3c(=O)c(C(N)=O)cn(C)c3c2F)[nH]1. The number of anilines is 1. The Balaban J connectivity index is 2.12. The maximum Gasteiger partial charge on any atom is 0.254 e. The van der Waals surface area contributed by atoms with Crippen molar-refractivity contribution < 1.29 is 13.6 Å². The third-order valence-electron chi connectivity index (χ3n) is 3.85. The highest BCUT2D eigenvalue weighted by Crippen LogP contribution is 2.23. The number of aromatic amines is 1. The minimum Gasteiger partial charge on any atom is -0.365 e. The van der Waals surface area contributed by atoms with Crippen LogP contribution in [0.1, 0.15) is 21.6 Å². The maximum atomic E-state index is 14.8. The van der Waals surface area contributed by atoms with E-state index in [1.807, 2.05) is 0 Å². The molecule has 2 heterocycles. The highest BCUT2D eigenvalue weighted by molar-refractivity contribution is 5.96. The molecule has 1 amide bonds. The number of carbonyl (C=O) groups is 1. The smallest absolute Gasteiger partial charge is 0.254 e. The number of hydrogen-bond donors (Lipinski definition) is 3. The first-order valence-electron chi connectivity index (χ1n) is 7.35. The van der Waals surface area contributed by atoms with Crippen LogP contribution < -0.4 is 16.5 Å². The number of imidazole rings is 1. The van der Waals surface area contributed by atoms with Gasteiger partial charge >= 0.3 is 0 Å². The van der Waals surface area contributed by atoms with Crippen molar-refractivity contribution in [2.75, 3.05) is 5.32 Å². The number of pyridine rings is 1. The van der Waals surface area contributed by atoms with E-state index in [0.29, 0.717) is 5.95 Å². The van der Waals surface area contributed by atoms with Crippen molar-refractivity contribution in [1.29, 1.82) is 0 Å². The van der Waals surface area contributed by atoms with E-state index in [2.05, 4.69) is 15.3 Å². The molecule has 0 radical (unpaired) electrons. The number of nitrogens with one attached hydrogen (secondary N) is 2. The van der Waals surface area contributed by atoms with Gasteiger partial charge in [-0.2, -0.15) is 0 Å². The molecule has 25 heavy (non-hydrogen) atoms. The molecule has 0 aliphatic carbocycles. The summed E-state index contributed by atoms with van der Waals surface area (Å²) in [7, 11) is 1.45. The summed E-state index contributed by atoms with van der Waals surface area (Å²) < 4.78 is 30.4. The number of hydrogen-bond acceptors (Lipinski definition) is 4. The zero-order valence-electron chi connectivity index (χ0n) is 13.5. The van der Waals surface area contributed by atoms with E-state index in [9.17, 15) is 18.4 Å². The van der Waals surface area contributed by atoms with Crippen molar-refractivity contribution in [1.82, 2.24) is 14.5 Å². The third kappa shape index (κ3) is 2.84. The van der Waals surface area contributed by atoms with Crippen LogP contribution in [0.25, 0.3) is 10.9 Å². The second-order valence-corrected chi connectivity index (χ2v) is 5.66. The van der Waals surface area contributed by atoms with Gasteiger partial charge in [-0.05, 0) is 13.0 Å². The number of H-pyrrole nitrogens is 1. The molecule has 4 N–H and O–H groups in total. The maximum absolute atomic E-state index is 14.8. The van der Waals surface area contributed by atoms with Crippen molar-refractivity contribution >= 4 is 22.8 Å². The van der Waals surface area contributed by atoms with Crippen LogP contribution in [0.4, 0.5) is 14.7 Å². The van der Waals surface area contributed by atoms with Crippen LogP contribution in [0.5, 0.6) is 0 Å². The number of nitrogens with zero attached hydrogens (tertiary/aromatic N) is 2. The van der Waals surface area contributed by atoms with Crippen molar-refractivity contribution in [2.24, 2.45) is 12.8 Å². The number of amides is 1. The van der Waals surface area contributed by atoms with Gasteiger partial charge in [-0.3, -0.25) is 9.59 Å². The van der Waals surface area contributed by atoms with Gasteiger partial charge in [0.1, 0.15) is 11.4 Å². The Labute approximate surface area is 140 Å². The lowest BCUT2D eigenvalue weighted by atomic mass is 10.1. The largest absolute Gasteiger partial charge is 0.365 e. The van der Waals surface area contributed by atoms with E-state index < -0.39 is 23.0 Å². The number of carbonyl (C=O) groups excluding carboxylic acids is 1. The molecular weight excluding hydrogens is 332 g/mol. The Bertz CT molecular complexity index is 1050. The monoisotopic (exact) mass is 347 g/mol. The average molecular weight is 347 g/mol. The molecular formula is C16H15F2N5O2. The van der Waals surface area contributed by atoms with Gasteiger partial charge < -0.3 is 20.6 Å². The molecule has 0 saturated heterocycles. The van der Waals surface area contributed by atoms with E-state index in [1.165, 1.54) is 11.6 Å². The van der Waals surface area contributed by atoms with E-state index >= 15 is 0 Å². The number of fused-ring (bicyclic) bond motifs is 1. The van der Waals surface area contributed by atoms with E-state index in [4.69, 9.17) is 5.73 Å². The zero-order chi connectivity index (χ0) is 18.3. The lowest BCUT2D eigenvalue weighted by molar-refractivity contribution is 0.0999. The second kappa shape index (κ2) is 6.00. The number of aryl methyl sites for hydroxylation is 2. The lowest BCUT2D eigenvalue weighted by Crippen LogP contribution is -2.24. The van der Waals surface area contributed by atoms with Gasteiger partial charge in [-0.15, -0.1) is 0 Å². The summed E-state index contributed by atoms with van der Waals surface area (Å²) in [6.07, 6.45) is 2.71. The summed E-state index contributed by atoms with van der Waals surface area (Å²) in [6.45, 7) is 1.62. The summed E-state index contributed by atoms with van der Waals surface area (Å²) in [5.41, 5.74) is 4.44. The number of primary amides is 1. The van der Waals surface area contributed by atoms with Gasteiger partial charge in [0.2, 0.25) is 11.4 Å². The molecule has 3 rings (SSSR count). The summed E-state index contributed by atoms with van der Waals surface area (Å²) >= 11 is 0. The molecule has 7 nitrogen and oxygen atoms in total. The normalized spacial score (nSPS) is 11.0. The zero-order valence-corrected chi connectivity index (χ0v) is 13.5. The van der Waals surface area contributed by atoms with Gasteiger partial charge in [-0.25, -0.2) is 13.8 Å². The van der Waals surface area contributed by atoms with Crippen LogP contribution in [0.15, 0.2) is 23.3 Å². The molecule has 9 heteroatoms. The Morgan fingerprint density at radius 1 is 1.44 bits per heavy atom. The number of benzene rings is 1. The van der Waals surface area contributed by atoms with Crippen molar-refractivity contribution in [3.63, 3.8) is 0 Å². The van der Waals surface area contributed by atoms with Gasteiger partial charge in [0.05, 0.1) is 10.9 Å². The van der Waals surface area contributed by atoms with Crippen molar-refractivity contribution in [3.8, 4) is 0 Å². The Morgan fingerprint density at radius 2 is 2.16 bits per heavy atom. The van der Waals surface area contributed by atoms with Gasteiger partial charge in [0.15, 0.2) is 5.82 Å². The highest BCUT2D eigenvalue weighted by Gasteiger charge is 2.20. The van der Waals surface area contributed by atoms with Crippen LogP contribution in [0.3, 0.4) is 0 Å². The lowest BCUT2D eigenvalue weighted by Gasteiger charge is -2.13. The van der Waals surface area contributed by atoms with E-state index in [-0.39, 0.29) is 28.6 Å². The number of halogens is 2. The van der Waals surface area contributed by atoms with Gasteiger partial charge in [0.25, 0.3) is 5.91 Å². The average Bonchev–Trinajstić information content (AvgIpc) is 2.95. The molecule has 130 valence electrons. The van der Waals surface area contributed by atoms with Crippen LogP contribution in [0.2, 0.25) is 0 Å². The first-order chi connectivity index (χ1) is 11.8. The standard InChI is InChI=1S/C16H15F2N5O2/c1-7-4-20-16(22-7)21-5-9-11(17)3-8-13(12(9)18)23(2)6-10(14(8)24)15(19)25/h3-4,6H,5H2,1-2H3,(H2,19,25)(H2,20,21,22). The predicted octanol–water partition coefficient (Wildman–Crippen LogP) is 1.56.